The quantitative estimate of drug-likeness (QED) is 0.770. The number of benzene rings is 1. The summed E-state index contributed by atoms with van der Waals surface area (Å²) < 4.78 is 26.4. The Bertz CT molecular complexity index is 766. The third kappa shape index (κ3) is 2.77. The summed E-state index contributed by atoms with van der Waals surface area (Å²) in [6.07, 6.45) is 0. The minimum atomic E-state index is -3.93. The van der Waals surface area contributed by atoms with Crippen molar-refractivity contribution in [3.63, 3.8) is 0 Å². The molecule has 0 amide bonds. The van der Waals surface area contributed by atoms with Gasteiger partial charge in [-0.1, -0.05) is 6.07 Å². The Morgan fingerprint density at radius 2 is 2.05 bits per heavy atom. The van der Waals surface area contributed by atoms with E-state index in [4.69, 9.17) is 5.11 Å². The predicted octanol–water partition coefficient (Wildman–Crippen LogP) is 0.921. The molecule has 8 nitrogen and oxygen atoms in total. The molecule has 9 heteroatoms. The number of carboxylic acid groups (broad SMARTS) is 1. The summed E-state index contributed by atoms with van der Waals surface area (Å²) in [5.74, 6) is -0.828. The van der Waals surface area contributed by atoms with E-state index in [-0.39, 0.29) is 16.4 Å². The van der Waals surface area contributed by atoms with E-state index in [9.17, 15) is 13.2 Å². The van der Waals surface area contributed by atoms with Gasteiger partial charge in [0.1, 0.15) is 5.82 Å². The smallest absolute Gasteiger partial charge is 0.335 e. The zero-order valence-electron chi connectivity index (χ0n) is 10.7. The summed E-state index contributed by atoms with van der Waals surface area (Å²) in [6.45, 7) is 3.21. The normalized spacial score (nSPS) is 11.3. The highest BCUT2D eigenvalue weighted by atomic mass is 32.2. The Kier molecular flexibility index (Phi) is 3.45. The van der Waals surface area contributed by atoms with Gasteiger partial charge in [0.05, 0.1) is 10.5 Å². The van der Waals surface area contributed by atoms with Crippen molar-refractivity contribution in [2.24, 2.45) is 0 Å². The second-order valence-electron chi connectivity index (χ2n) is 4.13. The largest absolute Gasteiger partial charge is 0.478 e. The van der Waals surface area contributed by atoms with E-state index in [0.29, 0.717) is 11.4 Å². The van der Waals surface area contributed by atoms with Crippen molar-refractivity contribution >= 4 is 21.9 Å². The number of H-pyrrole nitrogens is 1. The van der Waals surface area contributed by atoms with Crippen molar-refractivity contribution in [3.8, 4) is 0 Å². The van der Waals surface area contributed by atoms with Gasteiger partial charge in [-0.2, -0.15) is 4.98 Å². The number of nitrogens with zero attached hydrogens (tertiary/aromatic N) is 2. The van der Waals surface area contributed by atoms with Crippen LogP contribution in [0.5, 0.6) is 0 Å². The average molecular weight is 296 g/mol. The summed E-state index contributed by atoms with van der Waals surface area (Å²) in [5, 5.41) is 15.2. The molecule has 0 radical (unpaired) electrons. The highest BCUT2D eigenvalue weighted by molar-refractivity contribution is 7.92. The molecule has 2 aromatic rings. The van der Waals surface area contributed by atoms with Crippen molar-refractivity contribution in [1.82, 2.24) is 15.2 Å². The minimum Gasteiger partial charge on any atom is -0.478 e. The molecule has 20 heavy (non-hydrogen) atoms. The number of sulfonamides is 1. The third-order valence-electron chi connectivity index (χ3n) is 2.57. The number of aryl methyl sites for hydroxylation is 2. The Morgan fingerprint density at radius 1 is 1.35 bits per heavy atom. The molecule has 1 aromatic carbocycles. The first-order valence-electron chi connectivity index (χ1n) is 5.55. The lowest BCUT2D eigenvalue weighted by Crippen LogP contribution is -2.15. The number of carboxylic acids is 1. The zero-order chi connectivity index (χ0) is 14.9. The van der Waals surface area contributed by atoms with E-state index in [2.05, 4.69) is 19.9 Å². The van der Waals surface area contributed by atoms with E-state index in [0.717, 1.165) is 6.07 Å². The monoisotopic (exact) mass is 296 g/mol. The van der Waals surface area contributed by atoms with Crippen LogP contribution in [0.1, 0.15) is 21.7 Å². The molecule has 0 atom stereocenters. The summed E-state index contributed by atoms with van der Waals surface area (Å²) in [4.78, 5) is 14.7. The first kappa shape index (κ1) is 14.0. The van der Waals surface area contributed by atoms with Gasteiger partial charge in [-0.3, -0.25) is 5.10 Å². The number of anilines is 1. The van der Waals surface area contributed by atoms with Gasteiger partial charge in [0.2, 0.25) is 0 Å². The van der Waals surface area contributed by atoms with E-state index in [1.165, 1.54) is 12.1 Å². The highest BCUT2D eigenvalue weighted by Crippen LogP contribution is 2.17. The number of carbonyl (C=O) groups is 1. The van der Waals surface area contributed by atoms with Crippen LogP contribution in [0.2, 0.25) is 0 Å². The molecular weight excluding hydrogens is 284 g/mol. The van der Waals surface area contributed by atoms with E-state index >= 15 is 0 Å². The molecule has 1 aromatic heterocycles. The Hall–Kier alpha value is -2.42. The molecule has 0 unspecified atom stereocenters. The maximum atomic E-state index is 12.1. The van der Waals surface area contributed by atoms with Crippen LogP contribution in [-0.4, -0.2) is 34.7 Å². The van der Waals surface area contributed by atoms with E-state index in [1.54, 1.807) is 13.8 Å². The number of rotatable bonds is 4. The second kappa shape index (κ2) is 4.93. The van der Waals surface area contributed by atoms with Crippen LogP contribution in [0.15, 0.2) is 23.1 Å². The number of hydrogen-bond acceptors (Lipinski definition) is 5. The zero-order valence-corrected chi connectivity index (χ0v) is 11.5. The fourth-order valence-corrected chi connectivity index (χ4v) is 2.54. The van der Waals surface area contributed by atoms with Gasteiger partial charge in [-0.05, 0) is 31.5 Å². The Labute approximate surface area is 114 Å². The van der Waals surface area contributed by atoms with Gasteiger partial charge in [-0.15, -0.1) is 5.10 Å². The SMILES string of the molecule is Cc1nc(NS(=O)(=O)c2ccc(C)c(C(=O)O)c2)n[nH]1. The van der Waals surface area contributed by atoms with Crippen molar-refractivity contribution in [2.75, 3.05) is 4.72 Å². The number of aromatic nitrogens is 3. The average Bonchev–Trinajstić information content (AvgIpc) is 2.73. The molecule has 3 N–H and O–H groups in total. The second-order valence-corrected chi connectivity index (χ2v) is 5.81. The summed E-state index contributed by atoms with van der Waals surface area (Å²) in [7, 11) is -3.93. The van der Waals surface area contributed by atoms with Gasteiger partial charge < -0.3 is 5.11 Å². The lowest BCUT2D eigenvalue weighted by Gasteiger charge is -2.07. The third-order valence-corrected chi connectivity index (χ3v) is 3.90. The lowest BCUT2D eigenvalue weighted by molar-refractivity contribution is 0.0696. The minimum absolute atomic E-state index is 0.0703. The molecule has 106 valence electrons. The highest BCUT2D eigenvalue weighted by Gasteiger charge is 2.19. The Morgan fingerprint density at radius 3 is 2.60 bits per heavy atom. The molecule has 0 saturated carbocycles. The van der Waals surface area contributed by atoms with Gasteiger partial charge in [0.15, 0.2) is 0 Å². The topological polar surface area (TPSA) is 125 Å². The lowest BCUT2D eigenvalue weighted by atomic mass is 10.1. The first-order chi connectivity index (χ1) is 9.29. The van der Waals surface area contributed by atoms with Gasteiger partial charge in [-0.25, -0.2) is 17.9 Å². The molecule has 0 fully saturated rings. The molecule has 2 rings (SSSR count). The van der Waals surface area contributed by atoms with E-state index in [1.807, 2.05) is 0 Å². The van der Waals surface area contributed by atoms with Crippen molar-refractivity contribution < 1.29 is 18.3 Å². The first-order valence-corrected chi connectivity index (χ1v) is 7.03. The molecular formula is C11H12N4O4S. The number of aromatic carboxylic acids is 1. The Balaban J connectivity index is 2.39. The standard InChI is InChI=1S/C11H12N4O4S/c1-6-3-4-8(5-9(6)10(16)17)20(18,19)15-11-12-7(2)13-14-11/h3-5H,1-2H3,(H,16,17)(H2,12,13,14,15). The fourth-order valence-electron chi connectivity index (χ4n) is 1.57. The van der Waals surface area contributed by atoms with Crippen LogP contribution < -0.4 is 4.72 Å². The van der Waals surface area contributed by atoms with Crippen LogP contribution in [0.4, 0.5) is 5.95 Å². The van der Waals surface area contributed by atoms with Crippen LogP contribution in [0.3, 0.4) is 0 Å². The maximum absolute atomic E-state index is 12.1. The van der Waals surface area contributed by atoms with Gasteiger partial charge in [0.25, 0.3) is 16.0 Å². The summed E-state index contributed by atoms with van der Waals surface area (Å²) >= 11 is 0. The van der Waals surface area contributed by atoms with Crippen molar-refractivity contribution in [3.05, 3.63) is 35.2 Å². The maximum Gasteiger partial charge on any atom is 0.335 e. The predicted molar refractivity (Wildman–Crippen MR) is 70.1 cm³/mol. The molecule has 0 saturated heterocycles. The van der Waals surface area contributed by atoms with Crippen LogP contribution in [-0.2, 0) is 10.0 Å². The molecule has 0 bridgehead atoms. The molecule has 0 aliphatic rings. The summed E-state index contributed by atoms with van der Waals surface area (Å²) in [6, 6.07) is 3.85. The summed E-state index contributed by atoms with van der Waals surface area (Å²) in [5.41, 5.74) is 0.407. The van der Waals surface area contributed by atoms with E-state index < -0.39 is 16.0 Å². The number of nitrogens with one attached hydrogen (secondary N) is 2. The van der Waals surface area contributed by atoms with Crippen LogP contribution in [0, 0.1) is 13.8 Å². The molecule has 1 heterocycles. The molecule has 0 aliphatic heterocycles. The van der Waals surface area contributed by atoms with Crippen LogP contribution >= 0.6 is 0 Å². The van der Waals surface area contributed by atoms with Crippen molar-refractivity contribution in [1.29, 1.82) is 0 Å². The number of aromatic amines is 1. The fraction of sp³-hybridized carbons (Fsp3) is 0.182. The van der Waals surface area contributed by atoms with Crippen LogP contribution in [0.25, 0.3) is 0 Å². The molecule has 0 aliphatic carbocycles. The van der Waals surface area contributed by atoms with Gasteiger partial charge in [0, 0.05) is 0 Å². The van der Waals surface area contributed by atoms with Gasteiger partial charge >= 0.3 is 5.97 Å². The number of hydrogen-bond donors (Lipinski definition) is 3. The molecule has 0 spiro atoms. The van der Waals surface area contributed by atoms with Crippen molar-refractivity contribution in [2.45, 2.75) is 18.7 Å².